The summed E-state index contributed by atoms with van der Waals surface area (Å²) in [5, 5.41) is 19.0. The van der Waals surface area contributed by atoms with Gasteiger partial charge in [-0.05, 0) is 35.4 Å². The predicted octanol–water partition coefficient (Wildman–Crippen LogP) is 3.22. The number of carbonyl (C=O) groups is 2. The number of hydrogen-bond donors (Lipinski definition) is 0. The summed E-state index contributed by atoms with van der Waals surface area (Å²) in [6.45, 7) is 0. The monoisotopic (exact) mass is 346 g/mol. The fourth-order valence-electron chi connectivity index (χ4n) is 2.31. The standard InChI is InChI=1S/C20H14N2O4/c1-25-19(23)15-7-3-13(4-8-15)17(11-21)18(12-22)14-5-9-16(10-6-14)20(24)26-2/h3-10H,1-2H3/b18-17+. The third kappa shape index (κ3) is 3.77. The van der Waals surface area contributed by atoms with Gasteiger partial charge >= 0.3 is 11.9 Å². The van der Waals surface area contributed by atoms with Crippen molar-refractivity contribution in [3.8, 4) is 12.1 Å². The molecule has 0 aliphatic rings. The SMILES string of the molecule is COC(=O)c1ccc(/C(C#N)=C(\C#N)c2ccc(C(=O)OC)cc2)cc1. The molecule has 0 aromatic heterocycles. The molecular weight excluding hydrogens is 332 g/mol. The summed E-state index contributed by atoms with van der Waals surface area (Å²) in [6, 6.07) is 16.4. The lowest BCUT2D eigenvalue weighted by molar-refractivity contribution is 0.0592. The van der Waals surface area contributed by atoms with Crippen molar-refractivity contribution < 1.29 is 19.1 Å². The van der Waals surface area contributed by atoms with E-state index in [4.69, 9.17) is 0 Å². The molecule has 2 aromatic rings. The summed E-state index contributed by atoms with van der Waals surface area (Å²) in [6.07, 6.45) is 0. The Kier molecular flexibility index (Phi) is 5.87. The van der Waals surface area contributed by atoms with Crippen LogP contribution in [-0.4, -0.2) is 26.2 Å². The molecule has 0 atom stereocenters. The minimum absolute atomic E-state index is 0.162. The molecule has 2 rings (SSSR count). The summed E-state index contributed by atoms with van der Waals surface area (Å²) in [4.78, 5) is 23.0. The van der Waals surface area contributed by atoms with Crippen LogP contribution in [0.3, 0.4) is 0 Å². The lowest BCUT2D eigenvalue weighted by atomic mass is 9.95. The minimum atomic E-state index is -0.488. The van der Waals surface area contributed by atoms with Gasteiger partial charge in [-0.3, -0.25) is 0 Å². The maximum atomic E-state index is 11.5. The topological polar surface area (TPSA) is 100 Å². The minimum Gasteiger partial charge on any atom is -0.465 e. The summed E-state index contributed by atoms with van der Waals surface area (Å²) >= 11 is 0. The number of rotatable bonds is 4. The first-order chi connectivity index (χ1) is 12.5. The fourth-order valence-corrected chi connectivity index (χ4v) is 2.31. The fraction of sp³-hybridized carbons (Fsp3) is 0.100. The van der Waals surface area contributed by atoms with E-state index < -0.39 is 11.9 Å². The molecule has 6 nitrogen and oxygen atoms in total. The van der Waals surface area contributed by atoms with Gasteiger partial charge in [0.15, 0.2) is 0 Å². The normalized spacial score (nSPS) is 10.8. The number of carbonyl (C=O) groups excluding carboxylic acids is 2. The number of allylic oxidation sites excluding steroid dienone is 2. The molecule has 0 aliphatic carbocycles. The highest BCUT2D eigenvalue weighted by Crippen LogP contribution is 2.26. The van der Waals surface area contributed by atoms with E-state index in [9.17, 15) is 20.1 Å². The van der Waals surface area contributed by atoms with Gasteiger partial charge in [-0.2, -0.15) is 10.5 Å². The molecule has 0 fully saturated rings. The van der Waals surface area contributed by atoms with Crippen LogP contribution in [-0.2, 0) is 9.47 Å². The lowest BCUT2D eigenvalue weighted by Gasteiger charge is -2.06. The Bertz CT molecular complexity index is 864. The van der Waals surface area contributed by atoms with E-state index in [2.05, 4.69) is 9.47 Å². The first-order valence-electron chi connectivity index (χ1n) is 7.47. The zero-order chi connectivity index (χ0) is 19.1. The predicted molar refractivity (Wildman–Crippen MR) is 93.6 cm³/mol. The summed E-state index contributed by atoms with van der Waals surface area (Å²) in [7, 11) is 2.56. The smallest absolute Gasteiger partial charge is 0.337 e. The average molecular weight is 346 g/mol. The summed E-state index contributed by atoms with van der Waals surface area (Å²) in [5.74, 6) is -0.976. The molecule has 0 saturated heterocycles. The highest BCUT2D eigenvalue weighted by atomic mass is 16.5. The molecule has 2 aromatic carbocycles. The maximum Gasteiger partial charge on any atom is 0.337 e. The second-order valence-electron chi connectivity index (χ2n) is 5.11. The Hall–Kier alpha value is -3.90. The van der Waals surface area contributed by atoms with Crippen LogP contribution in [0.2, 0.25) is 0 Å². The average Bonchev–Trinajstić information content (AvgIpc) is 2.71. The third-order valence-corrected chi connectivity index (χ3v) is 3.66. The van der Waals surface area contributed by atoms with Crippen LogP contribution in [0.25, 0.3) is 11.1 Å². The Morgan fingerprint density at radius 3 is 1.15 bits per heavy atom. The van der Waals surface area contributed by atoms with Crippen molar-refractivity contribution in [1.29, 1.82) is 10.5 Å². The number of ether oxygens (including phenoxy) is 2. The molecule has 0 unspecified atom stereocenters. The van der Waals surface area contributed by atoms with Crippen LogP contribution in [0.5, 0.6) is 0 Å². The van der Waals surface area contributed by atoms with Crippen molar-refractivity contribution in [3.05, 3.63) is 70.8 Å². The summed E-state index contributed by atoms with van der Waals surface area (Å²) in [5.41, 5.74) is 2.00. The number of benzene rings is 2. The van der Waals surface area contributed by atoms with Gasteiger partial charge in [0.25, 0.3) is 0 Å². The largest absolute Gasteiger partial charge is 0.465 e. The van der Waals surface area contributed by atoms with Crippen molar-refractivity contribution in [1.82, 2.24) is 0 Å². The van der Waals surface area contributed by atoms with Crippen LogP contribution in [0.15, 0.2) is 48.5 Å². The molecule has 0 heterocycles. The molecule has 0 radical (unpaired) electrons. The Morgan fingerprint density at radius 2 is 0.923 bits per heavy atom. The molecule has 26 heavy (non-hydrogen) atoms. The van der Waals surface area contributed by atoms with Crippen LogP contribution < -0.4 is 0 Å². The van der Waals surface area contributed by atoms with Crippen LogP contribution >= 0.6 is 0 Å². The van der Waals surface area contributed by atoms with Gasteiger partial charge in [-0.15, -0.1) is 0 Å². The molecule has 0 bridgehead atoms. The highest BCUT2D eigenvalue weighted by Gasteiger charge is 2.14. The van der Waals surface area contributed by atoms with Crippen LogP contribution in [0.4, 0.5) is 0 Å². The number of nitriles is 2. The summed E-state index contributed by atoms with van der Waals surface area (Å²) < 4.78 is 9.27. The third-order valence-electron chi connectivity index (χ3n) is 3.66. The van der Waals surface area contributed by atoms with Gasteiger partial charge < -0.3 is 9.47 Å². The number of nitrogens with zero attached hydrogens (tertiary/aromatic N) is 2. The van der Waals surface area contributed by atoms with Crippen LogP contribution in [0, 0.1) is 22.7 Å². The van der Waals surface area contributed by atoms with Gasteiger partial charge in [0, 0.05) is 0 Å². The zero-order valence-corrected chi connectivity index (χ0v) is 14.1. The quantitative estimate of drug-likeness (QED) is 0.479. The lowest BCUT2D eigenvalue weighted by Crippen LogP contribution is -2.01. The van der Waals surface area contributed by atoms with Crippen molar-refractivity contribution in [2.45, 2.75) is 0 Å². The molecule has 128 valence electrons. The zero-order valence-electron chi connectivity index (χ0n) is 14.1. The number of hydrogen-bond acceptors (Lipinski definition) is 6. The van der Waals surface area contributed by atoms with Crippen molar-refractivity contribution >= 4 is 23.1 Å². The van der Waals surface area contributed by atoms with E-state index in [1.807, 2.05) is 12.1 Å². The molecule has 6 heteroatoms. The molecule has 0 saturated carbocycles. The number of methoxy groups -OCH3 is 2. The van der Waals surface area contributed by atoms with E-state index in [-0.39, 0.29) is 11.1 Å². The molecular formula is C20H14N2O4. The van der Waals surface area contributed by atoms with Crippen LogP contribution in [0.1, 0.15) is 31.8 Å². The second-order valence-corrected chi connectivity index (χ2v) is 5.11. The highest BCUT2D eigenvalue weighted by molar-refractivity contribution is 6.03. The Morgan fingerprint density at radius 1 is 0.654 bits per heavy atom. The molecule has 0 N–H and O–H groups in total. The molecule has 0 aliphatic heterocycles. The van der Waals surface area contributed by atoms with Gasteiger partial charge in [0.1, 0.15) is 12.1 Å². The van der Waals surface area contributed by atoms with E-state index in [1.165, 1.54) is 38.5 Å². The number of esters is 2. The van der Waals surface area contributed by atoms with Gasteiger partial charge in [-0.1, -0.05) is 24.3 Å². The van der Waals surface area contributed by atoms with Gasteiger partial charge in [-0.25, -0.2) is 9.59 Å². The first kappa shape index (κ1) is 18.4. The first-order valence-corrected chi connectivity index (χ1v) is 7.47. The molecule has 0 amide bonds. The van der Waals surface area contributed by atoms with Crippen molar-refractivity contribution in [2.75, 3.05) is 14.2 Å². The Balaban J connectivity index is 2.48. The van der Waals surface area contributed by atoms with Gasteiger partial charge in [0.05, 0.1) is 36.5 Å². The van der Waals surface area contributed by atoms with Crippen molar-refractivity contribution in [3.63, 3.8) is 0 Å². The van der Waals surface area contributed by atoms with E-state index in [0.29, 0.717) is 22.3 Å². The maximum absolute atomic E-state index is 11.5. The van der Waals surface area contributed by atoms with E-state index in [0.717, 1.165) is 0 Å². The van der Waals surface area contributed by atoms with Crippen molar-refractivity contribution in [2.24, 2.45) is 0 Å². The second kappa shape index (κ2) is 8.27. The Labute approximate surface area is 150 Å². The van der Waals surface area contributed by atoms with Gasteiger partial charge in [0.2, 0.25) is 0 Å². The van der Waals surface area contributed by atoms with E-state index >= 15 is 0 Å². The molecule has 0 spiro atoms. The van der Waals surface area contributed by atoms with E-state index in [1.54, 1.807) is 24.3 Å².